The molecule has 1 heterocycles. The fraction of sp³-hybridized carbons (Fsp3) is 0.310. The summed E-state index contributed by atoms with van der Waals surface area (Å²) in [5, 5.41) is 8.90. The molecule has 7 heteroatoms. The molecule has 188 valence electrons. The summed E-state index contributed by atoms with van der Waals surface area (Å²) in [4.78, 5) is 28.2. The van der Waals surface area contributed by atoms with E-state index in [1.807, 2.05) is 75.4 Å². The first-order valence-electron chi connectivity index (χ1n) is 12.5. The first-order valence-corrected chi connectivity index (χ1v) is 12.5. The highest BCUT2D eigenvalue weighted by atomic mass is 16.5. The minimum atomic E-state index is -0.338. The van der Waals surface area contributed by atoms with Crippen LogP contribution in [0.15, 0.2) is 60.7 Å². The second-order valence-electron chi connectivity index (χ2n) is 9.02. The number of hydrogen-bond acceptors (Lipinski definition) is 4. The zero-order valence-corrected chi connectivity index (χ0v) is 21.2. The van der Waals surface area contributed by atoms with E-state index in [-0.39, 0.29) is 11.9 Å². The molecule has 7 nitrogen and oxygen atoms in total. The van der Waals surface area contributed by atoms with Crippen molar-refractivity contribution in [2.75, 3.05) is 35.2 Å². The van der Waals surface area contributed by atoms with E-state index >= 15 is 0 Å². The van der Waals surface area contributed by atoms with Crippen LogP contribution in [0.4, 0.5) is 21.9 Å². The molecule has 3 N–H and O–H groups in total. The normalized spacial score (nSPS) is 12.8. The summed E-state index contributed by atoms with van der Waals surface area (Å²) in [7, 11) is 0. The van der Waals surface area contributed by atoms with Crippen LogP contribution < -0.4 is 25.6 Å². The van der Waals surface area contributed by atoms with Crippen LogP contribution in [0.5, 0.6) is 5.75 Å². The third-order valence-corrected chi connectivity index (χ3v) is 6.47. The summed E-state index contributed by atoms with van der Waals surface area (Å²) in [6, 6.07) is 18.6. The van der Waals surface area contributed by atoms with Gasteiger partial charge in [-0.2, -0.15) is 0 Å². The summed E-state index contributed by atoms with van der Waals surface area (Å²) in [5.41, 5.74) is 5.87. The van der Waals surface area contributed by atoms with E-state index in [2.05, 4.69) is 20.9 Å². The van der Waals surface area contributed by atoms with Crippen LogP contribution in [0.2, 0.25) is 0 Å². The van der Waals surface area contributed by atoms with E-state index < -0.39 is 0 Å². The Morgan fingerprint density at radius 2 is 1.67 bits per heavy atom. The van der Waals surface area contributed by atoms with Gasteiger partial charge in [-0.25, -0.2) is 4.79 Å². The van der Waals surface area contributed by atoms with Crippen molar-refractivity contribution in [1.29, 1.82) is 0 Å². The molecule has 3 amide bonds. The number of nitrogens with zero attached hydrogens (tertiary/aromatic N) is 1. The number of nitrogens with one attached hydrogen (secondary N) is 3. The van der Waals surface area contributed by atoms with Gasteiger partial charge in [-0.3, -0.25) is 4.79 Å². The SMILES string of the molecule is CCOc1cccc(CNC(=O)c2ccc(N3CCCC3)c(NC(=O)Nc3cccc(C)c3C)c2)c1. The van der Waals surface area contributed by atoms with Crippen LogP contribution in [0.3, 0.4) is 0 Å². The molecule has 1 aliphatic rings. The highest BCUT2D eigenvalue weighted by Gasteiger charge is 2.19. The third-order valence-electron chi connectivity index (χ3n) is 6.47. The molecule has 1 fully saturated rings. The van der Waals surface area contributed by atoms with Crippen LogP contribution in [-0.2, 0) is 6.54 Å². The van der Waals surface area contributed by atoms with Crippen LogP contribution in [0.1, 0.15) is 46.8 Å². The molecule has 0 bridgehead atoms. The zero-order chi connectivity index (χ0) is 25.5. The smallest absolute Gasteiger partial charge is 0.323 e. The fourth-order valence-electron chi connectivity index (χ4n) is 4.37. The van der Waals surface area contributed by atoms with Crippen molar-refractivity contribution in [3.05, 3.63) is 82.9 Å². The predicted octanol–water partition coefficient (Wildman–Crippen LogP) is 5.88. The number of carbonyl (C=O) groups excluding carboxylic acids is 2. The molecule has 1 saturated heterocycles. The van der Waals surface area contributed by atoms with Gasteiger partial charge in [0.25, 0.3) is 5.91 Å². The Labute approximate surface area is 212 Å². The van der Waals surface area contributed by atoms with Crippen molar-refractivity contribution in [2.24, 2.45) is 0 Å². The first-order chi connectivity index (χ1) is 17.4. The number of anilines is 3. The van der Waals surface area contributed by atoms with Gasteiger partial charge in [0.1, 0.15) is 5.75 Å². The highest BCUT2D eigenvalue weighted by Crippen LogP contribution is 2.30. The van der Waals surface area contributed by atoms with E-state index in [0.29, 0.717) is 24.4 Å². The lowest BCUT2D eigenvalue weighted by molar-refractivity contribution is 0.0951. The maximum absolute atomic E-state index is 13.0. The average molecular weight is 487 g/mol. The Morgan fingerprint density at radius 3 is 2.44 bits per heavy atom. The molecule has 0 atom stereocenters. The molecule has 0 aliphatic carbocycles. The molecule has 1 aliphatic heterocycles. The molecule has 3 aromatic rings. The Balaban J connectivity index is 1.50. The standard InChI is InChI=1S/C29H34N4O3/c1-4-36-24-11-8-10-22(17-24)19-30-28(34)23-13-14-27(33-15-5-6-16-33)26(18-23)32-29(35)31-25-12-7-9-20(2)21(25)3/h7-14,17-18H,4-6,15-16,19H2,1-3H3,(H,30,34)(H2,31,32,35). The quantitative estimate of drug-likeness (QED) is 0.372. The number of aryl methyl sites for hydroxylation is 1. The molecular weight excluding hydrogens is 452 g/mol. The molecule has 0 radical (unpaired) electrons. The zero-order valence-electron chi connectivity index (χ0n) is 21.2. The minimum Gasteiger partial charge on any atom is -0.494 e. The Morgan fingerprint density at radius 1 is 0.917 bits per heavy atom. The number of ether oxygens (including phenoxy) is 1. The number of hydrogen-bond donors (Lipinski definition) is 3. The molecule has 36 heavy (non-hydrogen) atoms. The Bertz CT molecular complexity index is 1230. The van der Waals surface area contributed by atoms with Crippen LogP contribution in [0, 0.1) is 13.8 Å². The van der Waals surface area contributed by atoms with Crippen molar-refractivity contribution in [3.8, 4) is 5.75 Å². The summed E-state index contributed by atoms with van der Waals surface area (Å²) >= 11 is 0. The largest absolute Gasteiger partial charge is 0.494 e. The van der Waals surface area contributed by atoms with Gasteiger partial charge in [0, 0.05) is 30.9 Å². The maximum Gasteiger partial charge on any atom is 0.323 e. The monoisotopic (exact) mass is 486 g/mol. The van der Waals surface area contributed by atoms with Crippen molar-refractivity contribution in [2.45, 2.75) is 40.2 Å². The maximum atomic E-state index is 13.0. The summed E-state index contributed by atoms with van der Waals surface area (Å²) < 4.78 is 5.55. The second-order valence-corrected chi connectivity index (χ2v) is 9.02. The van der Waals surface area contributed by atoms with Crippen molar-refractivity contribution in [1.82, 2.24) is 5.32 Å². The van der Waals surface area contributed by atoms with Gasteiger partial charge in [-0.15, -0.1) is 0 Å². The number of carbonyl (C=O) groups is 2. The second kappa shape index (κ2) is 11.6. The Kier molecular flexibility index (Phi) is 8.10. The van der Waals surface area contributed by atoms with E-state index in [1.54, 1.807) is 6.07 Å². The molecule has 0 aromatic heterocycles. The summed E-state index contributed by atoms with van der Waals surface area (Å²) in [6.45, 7) is 8.75. The van der Waals surface area contributed by atoms with Gasteiger partial charge in [0.15, 0.2) is 0 Å². The highest BCUT2D eigenvalue weighted by molar-refractivity contribution is 6.04. The van der Waals surface area contributed by atoms with E-state index in [0.717, 1.165) is 59.7 Å². The van der Waals surface area contributed by atoms with Gasteiger partial charge in [-0.05, 0) is 86.7 Å². The van der Waals surface area contributed by atoms with Gasteiger partial charge < -0.3 is 25.6 Å². The van der Waals surface area contributed by atoms with Gasteiger partial charge >= 0.3 is 6.03 Å². The van der Waals surface area contributed by atoms with Crippen molar-refractivity contribution in [3.63, 3.8) is 0 Å². The lowest BCUT2D eigenvalue weighted by Crippen LogP contribution is -2.26. The predicted molar refractivity (Wildman–Crippen MR) is 145 cm³/mol. The average Bonchev–Trinajstić information content (AvgIpc) is 3.40. The summed E-state index contributed by atoms with van der Waals surface area (Å²) in [5.74, 6) is 0.573. The van der Waals surface area contributed by atoms with Gasteiger partial charge in [-0.1, -0.05) is 24.3 Å². The van der Waals surface area contributed by atoms with Crippen molar-refractivity contribution >= 4 is 29.0 Å². The van der Waals surface area contributed by atoms with Crippen LogP contribution in [0.25, 0.3) is 0 Å². The molecule has 0 unspecified atom stereocenters. The molecule has 0 saturated carbocycles. The van der Waals surface area contributed by atoms with E-state index in [9.17, 15) is 9.59 Å². The molecule has 3 aromatic carbocycles. The van der Waals surface area contributed by atoms with Crippen molar-refractivity contribution < 1.29 is 14.3 Å². The molecular formula is C29H34N4O3. The number of amides is 3. The van der Waals surface area contributed by atoms with Gasteiger partial charge in [0.05, 0.1) is 18.0 Å². The lowest BCUT2D eigenvalue weighted by Gasteiger charge is -2.22. The minimum absolute atomic E-state index is 0.206. The first kappa shape index (κ1) is 25.1. The number of rotatable bonds is 8. The van der Waals surface area contributed by atoms with Crippen LogP contribution >= 0.6 is 0 Å². The summed E-state index contributed by atoms with van der Waals surface area (Å²) in [6.07, 6.45) is 2.22. The van der Waals surface area contributed by atoms with E-state index in [1.165, 1.54) is 0 Å². The van der Waals surface area contributed by atoms with Crippen LogP contribution in [-0.4, -0.2) is 31.6 Å². The number of benzene rings is 3. The third kappa shape index (κ3) is 6.16. The fourth-order valence-corrected chi connectivity index (χ4v) is 4.37. The van der Waals surface area contributed by atoms with E-state index in [4.69, 9.17) is 4.74 Å². The topological polar surface area (TPSA) is 82.7 Å². The molecule has 4 rings (SSSR count). The van der Waals surface area contributed by atoms with Gasteiger partial charge in [0.2, 0.25) is 0 Å². The Hall–Kier alpha value is -4.00. The number of urea groups is 1. The molecule has 0 spiro atoms. The lowest BCUT2D eigenvalue weighted by atomic mass is 10.1.